The molecule has 1 atom stereocenters. The fraction of sp³-hybridized carbons (Fsp3) is 0.227. The van der Waals surface area contributed by atoms with Crippen LogP contribution in [0.2, 0.25) is 0 Å². The quantitative estimate of drug-likeness (QED) is 0.428. The molecule has 7 nitrogen and oxygen atoms in total. The number of anilines is 2. The van der Waals surface area contributed by atoms with Crippen LogP contribution in [-0.4, -0.2) is 38.0 Å². The third-order valence-corrected chi connectivity index (χ3v) is 4.72. The largest absolute Gasteiger partial charge is 0.395 e. The van der Waals surface area contributed by atoms with Crippen LogP contribution in [0.4, 0.5) is 11.8 Å². The van der Waals surface area contributed by atoms with E-state index < -0.39 is 0 Å². The van der Waals surface area contributed by atoms with Gasteiger partial charge in [0.05, 0.1) is 24.7 Å². The summed E-state index contributed by atoms with van der Waals surface area (Å²) in [6, 6.07) is 20.4. The van der Waals surface area contributed by atoms with Crippen LogP contribution in [0.3, 0.4) is 0 Å². The molecule has 4 rings (SSSR count). The van der Waals surface area contributed by atoms with Crippen LogP contribution in [0.15, 0.2) is 66.9 Å². The first kappa shape index (κ1) is 18.9. The summed E-state index contributed by atoms with van der Waals surface area (Å²) in [5.41, 5.74) is 3.06. The number of hydrogen-bond acceptors (Lipinski definition) is 6. The van der Waals surface area contributed by atoms with E-state index in [1.54, 1.807) is 6.20 Å². The Morgan fingerprint density at radius 2 is 1.72 bits per heavy atom. The second kappa shape index (κ2) is 8.70. The van der Waals surface area contributed by atoms with Crippen LogP contribution in [0, 0.1) is 0 Å². The minimum Gasteiger partial charge on any atom is -0.395 e. The summed E-state index contributed by atoms with van der Waals surface area (Å²) in [4.78, 5) is 9.26. The van der Waals surface area contributed by atoms with Gasteiger partial charge < -0.3 is 15.7 Å². The van der Waals surface area contributed by atoms with Crippen LogP contribution in [-0.2, 0) is 6.54 Å². The topological polar surface area (TPSA) is 87.9 Å². The summed E-state index contributed by atoms with van der Waals surface area (Å²) in [6.07, 6.45) is 1.80. The van der Waals surface area contributed by atoms with Crippen molar-refractivity contribution in [3.8, 4) is 0 Å². The summed E-state index contributed by atoms with van der Waals surface area (Å²) in [5.74, 6) is 1.18. The molecule has 4 aromatic rings. The van der Waals surface area contributed by atoms with Crippen molar-refractivity contribution in [3.05, 3.63) is 78.0 Å². The van der Waals surface area contributed by atoms with Crippen LogP contribution in [0.25, 0.3) is 11.0 Å². The predicted octanol–water partition coefficient (Wildman–Crippen LogP) is 3.45. The van der Waals surface area contributed by atoms with Crippen molar-refractivity contribution in [3.63, 3.8) is 0 Å². The Hall–Kier alpha value is -3.45. The summed E-state index contributed by atoms with van der Waals surface area (Å²) in [6.45, 7) is 3.10. The van der Waals surface area contributed by atoms with Gasteiger partial charge in [0.1, 0.15) is 5.82 Å². The van der Waals surface area contributed by atoms with Crippen LogP contribution in [0.5, 0.6) is 0 Å². The molecule has 0 aliphatic rings. The van der Waals surface area contributed by atoms with Crippen molar-refractivity contribution in [1.82, 2.24) is 19.7 Å². The van der Waals surface area contributed by atoms with Gasteiger partial charge in [0.2, 0.25) is 5.95 Å². The first-order valence-corrected chi connectivity index (χ1v) is 9.68. The molecule has 148 valence electrons. The zero-order chi connectivity index (χ0) is 20.1. The first-order chi connectivity index (χ1) is 14.2. The lowest BCUT2D eigenvalue weighted by Gasteiger charge is -2.16. The number of aliphatic hydroxyl groups is 1. The SMILES string of the molecule is CC(Nc1nc(NCCO)nc2c1cnn2Cc1ccccc1)c1ccccc1. The Morgan fingerprint density at radius 3 is 2.45 bits per heavy atom. The van der Waals surface area contributed by atoms with Gasteiger partial charge >= 0.3 is 0 Å². The number of aliphatic hydroxyl groups excluding tert-OH is 1. The molecule has 0 bridgehead atoms. The third-order valence-electron chi connectivity index (χ3n) is 4.72. The van der Waals surface area contributed by atoms with Crippen LogP contribution < -0.4 is 10.6 Å². The Labute approximate surface area is 169 Å². The zero-order valence-corrected chi connectivity index (χ0v) is 16.3. The molecule has 2 heterocycles. The van der Waals surface area contributed by atoms with E-state index in [0.29, 0.717) is 24.9 Å². The maximum absolute atomic E-state index is 9.16. The fourth-order valence-corrected chi connectivity index (χ4v) is 3.21. The monoisotopic (exact) mass is 388 g/mol. The molecule has 0 aliphatic carbocycles. The first-order valence-electron chi connectivity index (χ1n) is 9.68. The highest BCUT2D eigenvalue weighted by Gasteiger charge is 2.15. The Bertz CT molecular complexity index is 1060. The predicted molar refractivity (Wildman–Crippen MR) is 115 cm³/mol. The van der Waals surface area contributed by atoms with Crippen LogP contribution >= 0.6 is 0 Å². The molecule has 3 N–H and O–H groups in total. The minimum absolute atomic E-state index is 0.00779. The fourth-order valence-electron chi connectivity index (χ4n) is 3.21. The van der Waals surface area contributed by atoms with E-state index >= 15 is 0 Å². The van der Waals surface area contributed by atoms with Crippen molar-refractivity contribution in [1.29, 1.82) is 0 Å². The van der Waals surface area contributed by atoms with Crippen molar-refractivity contribution in [2.45, 2.75) is 19.5 Å². The number of nitrogens with zero attached hydrogens (tertiary/aromatic N) is 4. The summed E-state index contributed by atoms with van der Waals surface area (Å²) in [7, 11) is 0. The number of benzene rings is 2. The standard InChI is InChI=1S/C22H24N6O/c1-16(18-10-6-3-7-11-18)25-20-19-14-24-28(15-17-8-4-2-5-9-17)21(19)27-22(26-20)23-12-13-29/h2-11,14,16,29H,12-13,15H2,1H3,(H2,23,25,26,27). The van der Waals surface area contributed by atoms with Gasteiger partial charge in [-0.25, -0.2) is 4.68 Å². The van der Waals surface area contributed by atoms with Gasteiger partial charge in [-0.15, -0.1) is 0 Å². The van der Waals surface area contributed by atoms with Gasteiger partial charge in [-0.1, -0.05) is 60.7 Å². The molecular weight excluding hydrogens is 364 g/mol. The van der Waals surface area contributed by atoms with E-state index in [9.17, 15) is 0 Å². The van der Waals surface area contributed by atoms with E-state index in [1.165, 1.54) is 5.56 Å². The maximum atomic E-state index is 9.16. The second-order valence-corrected chi connectivity index (χ2v) is 6.85. The summed E-state index contributed by atoms with van der Waals surface area (Å²) in [5, 5.41) is 21.1. The van der Waals surface area contributed by atoms with Gasteiger partial charge in [0.15, 0.2) is 5.65 Å². The molecule has 2 aromatic heterocycles. The lowest BCUT2D eigenvalue weighted by Crippen LogP contribution is -2.13. The van der Waals surface area contributed by atoms with Gasteiger partial charge in [0.25, 0.3) is 0 Å². The highest BCUT2D eigenvalue weighted by Crippen LogP contribution is 2.26. The highest BCUT2D eigenvalue weighted by atomic mass is 16.3. The normalized spacial score (nSPS) is 12.1. The van der Waals surface area contributed by atoms with Gasteiger partial charge in [-0.2, -0.15) is 15.1 Å². The van der Waals surface area contributed by atoms with Crippen LogP contribution in [0.1, 0.15) is 24.1 Å². The molecule has 29 heavy (non-hydrogen) atoms. The number of fused-ring (bicyclic) bond motifs is 1. The molecule has 0 radical (unpaired) electrons. The van der Waals surface area contributed by atoms with Crippen molar-refractivity contribution >= 4 is 22.8 Å². The average molecular weight is 388 g/mol. The highest BCUT2D eigenvalue weighted by molar-refractivity contribution is 5.87. The maximum Gasteiger partial charge on any atom is 0.226 e. The van der Waals surface area contributed by atoms with E-state index in [-0.39, 0.29) is 12.6 Å². The van der Waals surface area contributed by atoms with E-state index in [0.717, 1.165) is 16.6 Å². The van der Waals surface area contributed by atoms with Crippen molar-refractivity contribution in [2.24, 2.45) is 0 Å². The summed E-state index contributed by atoms with van der Waals surface area (Å²) < 4.78 is 1.87. The zero-order valence-electron chi connectivity index (χ0n) is 16.3. The van der Waals surface area contributed by atoms with E-state index in [4.69, 9.17) is 5.11 Å². The summed E-state index contributed by atoms with van der Waals surface area (Å²) >= 11 is 0. The molecule has 2 aromatic carbocycles. The molecule has 0 aliphatic heterocycles. The molecule has 7 heteroatoms. The molecule has 1 unspecified atom stereocenters. The van der Waals surface area contributed by atoms with E-state index in [1.807, 2.05) is 41.1 Å². The molecule has 0 amide bonds. The van der Waals surface area contributed by atoms with Crippen molar-refractivity contribution in [2.75, 3.05) is 23.8 Å². The Morgan fingerprint density at radius 1 is 1.00 bits per heavy atom. The second-order valence-electron chi connectivity index (χ2n) is 6.85. The number of rotatable bonds is 8. The molecule has 0 spiro atoms. The molecule has 0 saturated heterocycles. The molecule has 0 fully saturated rings. The minimum atomic E-state index is 0.00779. The van der Waals surface area contributed by atoms with Gasteiger partial charge in [-0.05, 0) is 18.1 Å². The van der Waals surface area contributed by atoms with Gasteiger partial charge in [-0.3, -0.25) is 0 Å². The Kier molecular flexibility index (Phi) is 5.67. The molecular formula is C22H24N6O. The van der Waals surface area contributed by atoms with Crippen molar-refractivity contribution < 1.29 is 5.11 Å². The number of nitrogens with one attached hydrogen (secondary N) is 2. The Balaban J connectivity index is 1.70. The number of aromatic nitrogens is 4. The lowest BCUT2D eigenvalue weighted by atomic mass is 10.1. The lowest BCUT2D eigenvalue weighted by molar-refractivity contribution is 0.311. The smallest absolute Gasteiger partial charge is 0.226 e. The van der Waals surface area contributed by atoms with Gasteiger partial charge in [0, 0.05) is 12.6 Å². The third kappa shape index (κ3) is 4.35. The molecule has 0 saturated carbocycles. The average Bonchev–Trinajstić information content (AvgIpc) is 3.16. The van der Waals surface area contributed by atoms with E-state index in [2.05, 4.69) is 56.9 Å². The number of hydrogen-bond donors (Lipinski definition) is 3.